The van der Waals surface area contributed by atoms with Crippen LogP contribution in [0, 0.1) is 0 Å². The summed E-state index contributed by atoms with van der Waals surface area (Å²) in [5.74, 6) is -38.6. The third-order valence-electron chi connectivity index (χ3n) is 8.22. The Kier molecular flexibility index (Phi) is 17.3. The maximum atomic E-state index is 15.3. The summed E-state index contributed by atoms with van der Waals surface area (Å²) in [6, 6.07) is 0. The molecule has 8 unspecified atom stereocenters. The van der Waals surface area contributed by atoms with Crippen molar-refractivity contribution in [2.45, 2.75) is 158 Å². The van der Waals surface area contributed by atoms with Gasteiger partial charge in [-0.15, -0.1) is 0 Å². The maximum absolute atomic E-state index is 15.3. The van der Waals surface area contributed by atoms with Crippen molar-refractivity contribution in [3.8, 4) is 0 Å². The number of aliphatic hydroxyl groups is 1. The molecule has 11 nitrogen and oxygen atoms in total. The number of amides is 2. The third kappa shape index (κ3) is 13.1. The van der Waals surface area contributed by atoms with E-state index >= 15 is 13.2 Å². The first-order valence-electron chi connectivity index (χ1n) is 16.8. The average Bonchev–Trinajstić information content (AvgIpc) is 3.00. The lowest BCUT2D eigenvalue weighted by atomic mass is 9.87. The molecule has 8 atom stereocenters. The SMILES string of the molecule is C=C(C)C(=O)NCCCNC(=O)C(C)(F)C(C)(F)C(F)(F)OC(C)(F)C(F)(F)OC(C)(F)C(F)(F)OC(C)(F)C(F)(F)OC(C)(F)C(F)(F)OC(C)(F)C(F)(F)OC(C)(F)C(O)(F)F. The summed E-state index contributed by atoms with van der Waals surface area (Å²) in [5, 5.41) is 12.0. The first-order chi connectivity index (χ1) is 27.5. The number of nitrogens with one attached hydrogen (secondary N) is 2. The van der Waals surface area contributed by atoms with Gasteiger partial charge in [-0.25, -0.2) is 35.1 Å². The van der Waals surface area contributed by atoms with E-state index in [1.807, 2.05) is 0 Å². The predicted octanol–water partition coefficient (Wildman–Crippen LogP) is 9.00. The van der Waals surface area contributed by atoms with Crippen LogP contribution in [-0.2, 0) is 38.0 Å². The average molecular weight is 1000 g/mol. The van der Waals surface area contributed by atoms with Gasteiger partial charge in [0.05, 0.1) is 0 Å². The van der Waals surface area contributed by atoms with E-state index in [-0.39, 0.29) is 25.5 Å². The number of halogens is 22. The molecule has 64 heavy (non-hydrogen) atoms. The minimum atomic E-state index is -6.91. The standard InChI is InChI=1S/C31H38F22N2O9/c1-14(2)15(56)54-12-11-13-55-16(57)17(3,32)18(4,33)26(42,43)60-20(6,35)28(46,47)62-22(8,37)30(50,51)64-24(10,39)31(52,53)63-23(9,38)29(48,49)61-21(7,36)27(44,45)59-19(5,34)25(40,41)58/h58H,1,11-13H2,2-10H3,(H,54,56)(H,55,57). The number of carbonyl (C=O) groups excluding carboxylic acids is 2. The zero-order valence-corrected chi connectivity index (χ0v) is 33.9. The van der Waals surface area contributed by atoms with Crippen LogP contribution in [0.25, 0.3) is 0 Å². The number of hydrogen-bond acceptors (Lipinski definition) is 9. The van der Waals surface area contributed by atoms with E-state index in [1.165, 1.54) is 6.92 Å². The highest BCUT2D eigenvalue weighted by molar-refractivity contribution is 5.92. The Balaban J connectivity index is 6.35. The van der Waals surface area contributed by atoms with Gasteiger partial charge < -0.3 is 15.7 Å². The van der Waals surface area contributed by atoms with Crippen LogP contribution in [0.3, 0.4) is 0 Å². The summed E-state index contributed by atoms with van der Waals surface area (Å²) >= 11 is 0. The van der Waals surface area contributed by atoms with E-state index in [1.54, 1.807) is 5.32 Å². The summed E-state index contributed by atoms with van der Waals surface area (Å²) in [4.78, 5) is 23.6. The molecular weight excluding hydrogens is 962 g/mol. The van der Waals surface area contributed by atoms with Crippen molar-refractivity contribution in [3.63, 3.8) is 0 Å². The smallest absolute Gasteiger partial charge is 0.353 e. The molecule has 0 saturated carbocycles. The van der Waals surface area contributed by atoms with Gasteiger partial charge in [-0.1, -0.05) is 6.58 Å². The van der Waals surface area contributed by atoms with Crippen LogP contribution in [0.1, 0.15) is 68.7 Å². The number of ether oxygens (including phenoxy) is 6. The Morgan fingerprint density at radius 1 is 0.438 bits per heavy atom. The first kappa shape index (κ1) is 60.9. The van der Waals surface area contributed by atoms with Crippen molar-refractivity contribution in [2.75, 3.05) is 13.1 Å². The van der Waals surface area contributed by atoms with Crippen molar-refractivity contribution < 1.29 is 140 Å². The highest BCUT2D eigenvalue weighted by Gasteiger charge is 2.76. The first-order valence-corrected chi connectivity index (χ1v) is 16.8. The molecule has 0 aromatic heterocycles. The number of carbonyl (C=O) groups is 2. The molecule has 3 N–H and O–H groups in total. The van der Waals surface area contributed by atoms with Crippen LogP contribution in [-0.4, -0.2) is 119 Å². The van der Waals surface area contributed by atoms with Crippen molar-refractivity contribution >= 4 is 11.8 Å². The summed E-state index contributed by atoms with van der Waals surface area (Å²) < 4.78 is 334. The van der Waals surface area contributed by atoms with Gasteiger partial charge >= 0.3 is 77.9 Å². The summed E-state index contributed by atoms with van der Waals surface area (Å²) in [7, 11) is 0. The molecular formula is C31H38F22N2O9. The molecule has 33 heteroatoms. The molecule has 2 amide bonds. The number of alkyl halides is 22. The van der Waals surface area contributed by atoms with Gasteiger partial charge in [0.2, 0.25) is 17.2 Å². The Labute approximate surface area is 346 Å². The lowest BCUT2D eigenvalue weighted by molar-refractivity contribution is -0.542. The highest BCUT2D eigenvalue weighted by atomic mass is 19.3. The van der Waals surface area contributed by atoms with E-state index in [2.05, 4.69) is 40.3 Å². The van der Waals surface area contributed by atoms with Gasteiger partial charge in [-0.2, -0.15) is 61.5 Å². The van der Waals surface area contributed by atoms with Gasteiger partial charge in [0, 0.05) is 60.2 Å². The lowest BCUT2D eigenvalue weighted by Gasteiger charge is -2.43. The molecule has 0 radical (unpaired) electrons. The van der Waals surface area contributed by atoms with Gasteiger partial charge in [-0.05, 0) is 27.2 Å². The second-order valence-electron chi connectivity index (χ2n) is 14.4. The molecule has 0 aliphatic carbocycles. The largest absolute Gasteiger partial charge is 0.417 e. The molecule has 0 rings (SSSR count). The van der Waals surface area contributed by atoms with E-state index in [4.69, 9.17) is 5.11 Å². The summed E-state index contributed by atoms with van der Waals surface area (Å²) in [5.41, 5.74) is -9.92. The fraction of sp³-hybridized carbons (Fsp3) is 0.871. The number of rotatable bonds is 26. The molecule has 380 valence electrons. The molecule has 0 spiro atoms. The third-order valence-corrected chi connectivity index (χ3v) is 8.22. The fourth-order valence-corrected chi connectivity index (χ4v) is 3.65. The van der Waals surface area contributed by atoms with E-state index in [0.29, 0.717) is 0 Å². The van der Waals surface area contributed by atoms with Crippen LogP contribution < -0.4 is 10.6 Å². The van der Waals surface area contributed by atoms with Crippen LogP contribution in [0.4, 0.5) is 96.6 Å². The van der Waals surface area contributed by atoms with Crippen molar-refractivity contribution in [3.05, 3.63) is 12.2 Å². The zero-order valence-electron chi connectivity index (χ0n) is 33.9. The molecule has 0 fully saturated rings. The van der Waals surface area contributed by atoms with Gasteiger partial charge in [0.25, 0.3) is 5.91 Å². The molecule has 0 aromatic carbocycles. The molecule has 0 saturated heterocycles. The Bertz CT molecular complexity index is 1670. The molecule has 0 aliphatic rings. The van der Waals surface area contributed by atoms with Crippen LogP contribution in [0.5, 0.6) is 0 Å². The van der Waals surface area contributed by atoms with Crippen molar-refractivity contribution in [1.82, 2.24) is 10.6 Å². The Morgan fingerprint density at radius 2 is 0.672 bits per heavy atom. The quantitative estimate of drug-likeness (QED) is 0.0441. The molecule has 0 bridgehead atoms. The van der Waals surface area contributed by atoms with Gasteiger partial charge in [0.15, 0.2) is 0 Å². The second-order valence-corrected chi connectivity index (χ2v) is 14.4. The zero-order chi connectivity index (χ0) is 52.0. The monoisotopic (exact) mass is 1000 g/mol. The summed E-state index contributed by atoms with van der Waals surface area (Å²) in [6.07, 6.45) is -46.6. The normalized spacial score (nSPS) is 21.6. The van der Waals surface area contributed by atoms with Crippen LogP contribution >= 0.6 is 0 Å². The second kappa shape index (κ2) is 18.2. The molecule has 0 heterocycles. The van der Waals surface area contributed by atoms with Gasteiger partial charge in [0.1, 0.15) is 0 Å². The minimum Gasteiger partial charge on any atom is -0.353 e. The fourth-order valence-electron chi connectivity index (χ4n) is 3.65. The van der Waals surface area contributed by atoms with Crippen LogP contribution in [0.2, 0.25) is 0 Å². The van der Waals surface area contributed by atoms with Crippen molar-refractivity contribution in [2.24, 2.45) is 0 Å². The molecule has 0 aliphatic heterocycles. The van der Waals surface area contributed by atoms with E-state index < -0.39 is 156 Å². The minimum absolute atomic E-state index is 0.00238. The molecule has 0 aromatic rings. The Morgan fingerprint density at radius 3 is 0.922 bits per heavy atom. The van der Waals surface area contributed by atoms with Crippen LogP contribution in [0.15, 0.2) is 12.2 Å². The van der Waals surface area contributed by atoms with Crippen molar-refractivity contribution in [1.29, 1.82) is 0 Å². The summed E-state index contributed by atoms with van der Waals surface area (Å²) in [6.45, 7) is -3.58. The topological polar surface area (TPSA) is 134 Å². The number of hydrogen-bond donors (Lipinski definition) is 3. The van der Waals surface area contributed by atoms with E-state index in [9.17, 15) is 93.0 Å². The maximum Gasteiger partial charge on any atom is 0.417 e. The highest BCUT2D eigenvalue weighted by Crippen LogP contribution is 2.54. The predicted molar refractivity (Wildman–Crippen MR) is 165 cm³/mol. The lowest BCUT2D eigenvalue weighted by Crippen LogP contribution is -2.66. The van der Waals surface area contributed by atoms with E-state index in [0.717, 1.165) is 0 Å². The Hall–Kier alpha value is -3.14. The van der Waals surface area contributed by atoms with Gasteiger partial charge in [-0.3, -0.25) is 38.0 Å².